The molecule has 2 aromatic heterocycles. The molecule has 176 valence electrons. The summed E-state index contributed by atoms with van der Waals surface area (Å²) >= 11 is 12.6. The number of aryl methyl sites for hydroxylation is 1. The molecule has 2 heterocycles. The van der Waals surface area contributed by atoms with Crippen LogP contribution in [0, 0.1) is 6.92 Å². The summed E-state index contributed by atoms with van der Waals surface area (Å²) in [7, 11) is 0. The molecule has 1 N–H and O–H groups in total. The Balaban J connectivity index is 1.24. The van der Waals surface area contributed by atoms with Crippen LogP contribution in [0.2, 0.25) is 10.0 Å². The summed E-state index contributed by atoms with van der Waals surface area (Å²) in [6, 6.07) is 24.3. The lowest BCUT2D eigenvalue weighted by Gasteiger charge is -2.08. The van der Waals surface area contributed by atoms with Gasteiger partial charge in [-0.2, -0.15) is 5.10 Å². The molecule has 0 unspecified atom stereocenters. The molecule has 0 radical (unpaired) electrons. The molecule has 8 heteroatoms. The van der Waals surface area contributed by atoms with Gasteiger partial charge in [-0.3, -0.25) is 9.48 Å². The summed E-state index contributed by atoms with van der Waals surface area (Å²) in [4.78, 5) is 12.7. The average Bonchev–Trinajstić information content (AvgIpc) is 3.46. The Kier molecular flexibility index (Phi) is 6.49. The Morgan fingerprint density at radius 3 is 2.57 bits per heavy atom. The fraction of sp³-hybridized carbons (Fsp3) is 0.111. The average molecular weight is 506 g/mol. The van der Waals surface area contributed by atoms with Gasteiger partial charge in [-0.05, 0) is 42.6 Å². The largest absolute Gasteiger partial charge is 0.485 e. The minimum Gasteiger partial charge on any atom is -0.485 e. The van der Waals surface area contributed by atoms with Gasteiger partial charge >= 0.3 is 0 Å². The van der Waals surface area contributed by atoms with E-state index >= 15 is 0 Å². The number of anilines is 1. The third-order valence-electron chi connectivity index (χ3n) is 5.60. The molecular weight excluding hydrogens is 485 g/mol. The molecular formula is C27H21Cl2N3O3. The van der Waals surface area contributed by atoms with Gasteiger partial charge in [0, 0.05) is 32.8 Å². The molecule has 5 rings (SSSR count). The van der Waals surface area contributed by atoms with E-state index in [-0.39, 0.29) is 12.4 Å². The molecule has 3 aromatic carbocycles. The molecule has 35 heavy (non-hydrogen) atoms. The van der Waals surface area contributed by atoms with Crippen LogP contribution in [0.3, 0.4) is 0 Å². The van der Waals surface area contributed by atoms with E-state index in [1.807, 2.05) is 49.4 Å². The first-order chi connectivity index (χ1) is 17.0. The summed E-state index contributed by atoms with van der Waals surface area (Å²) in [5.41, 5.74) is 1.61. The van der Waals surface area contributed by atoms with Gasteiger partial charge in [-0.25, -0.2) is 0 Å². The molecule has 6 nitrogen and oxygen atoms in total. The van der Waals surface area contributed by atoms with Gasteiger partial charge < -0.3 is 14.5 Å². The number of carbonyl (C=O) groups excluding carboxylic acids is 1. The zero-order valence-corrected chi connectivity index (χ0v) is 20.3. The van der Waals surface area contributed by atoms with E-state index in [0.29, 0.717) is 28.2 Å². The molecule has 0 spiro atoms. The molecule has 0 fully saturated rings. The van der Waals surface area contributed by atoms with E-state index < -0.39 is 5.91 Å². The summed E-state index contributed by atoms with van der Waals surface area (Å²) in [5.74, 6) is 1.47. The maximum Gasteiger partial charge on any atom is 0.292 e. The topological polar surface area (TPSA) is 69.3 Å². The summed E-state index contributed by atoms with van der Waals surface area (Å²) in [6.45, 7) is 2.48. The number of nitrogens with one attached hydrogen (secondary N) is 1. The molecule has 0 aliphatic heterocycles. The predicted octanol–water partition coefficient (Wildman–Crippen LogP) is 7.12. The van der Waals surface area contributed by atoms with Crippen LogP contribution in [0.15, 0.2) is 83.3 Å². The molecule has 0 bridgehead atoms. The van der Waals surface area contributed by atoms with Crippen molar-refractivity contribution in [3.63, 3.8) is 0 Å². The predicted molar refractivity (Wildman–Crippen MR) is 137 cm³/mol. The van der Waals surface area contributed by atoms with E-state index in [0.717, 1.165) is 27.8 Å². The number of halogens is 2. The molecule has 0 saturated carbocycles. The van der Waals surface area contributed by atoms with Crippen molar-refractivity contribution < 1.29 is 13.9 Å². The molecule has 0 atom stereocenters. The van der Waals surface area contributed by atoms with Crippen LogP contribution in [0.1, 0.15) is 27.6 Å². The van der Waals surface area contributed by atoms with Crippen molar-refractivity contribution in [1.29, 1.82) is 0 Å². The van der Waals surface area contributed by atoms with Crippen molar-refractivity contribution >= 4 is 45.7 Å². The van der Waals surface area contributed by atoms with Gasteiger partial charge in [-0.15, -0.1) is 0 Å². The van der Waals surface area contributed by atoms with Crippen LogP contribution >= 0.6 is 23.2 Å². The number of ether oxygens (including phenoxy) is 1. The minimum absolute atomic E-state index is 0.169. The Bertz CT molecular complexity index is 1500. The first-order valence-corrected chi connectivity index (χ1v) is 11.7. The number of aromatic nitrogens is 2. The Morgan fingerprint density at radius 1 is 1.00 bits per heavy atom. The van der Waals surface area contributed by atoms with Gasteiger partial charge in [0.15, 0.2) is 11.6 Å². The second-order valence-corrected chi connectivity index (χ2v) is 8.83. The van der Waals surface area contributed by atoms with Crippen molar-refractivity contribution in [3.8, 4) is 5.75 Å². The van der Waals surface area contributed by atoms with Gasteiger partial charge in [0.25, 0.3) is 5.91 Å². The SMILES string of the molecule is Cc1cc(NC(=O)c2ccc(COc3cccc4ccccc34)o2)nn1Cc1c(Cl)cccc1Cl. The highest BCUT2D eigenvalue weighted by Gasteiger charge is 2.16. The normalized spacial score (nSPS) is 11.1. The quantitative estimate of drug-likeness (QED) is 0.255. The van der Waals surface area contributed by atoms with E-state index in [1.165, 1.54) is 0 Å². The summed E-state index contributed by atoms with van der Waals surface area (Å²) in [6.07, 6.45) is 0. The van der Waals surface area contributed by atoms with E-state index in [2.05, 4.69) is 10.4 Å². The second-order valence-electron chi connectivity index (χ2n) is 8.01. The molecule has 0 saturated heterocycles. The molecule has 0 aliphatic rings. The highest BCUT2D eigenvalue weighted by Crippen LogP contribution is 2.27. The standard InChI is InChI=1S/C27H21Cl2N3O3/c1-17-14-26(31-32(17)15-21-22(28)9-5-10-23(21)29)30-27(33)25-13-12-19(35-25)16-34-24-11-4-7-18-6-2-3-8-20(18)24/h2-14H,15-16H2,1H3,(H,30,31,33). The van der Waals surface area contributed by atoms with Crippen LogP contribution in [0.4, 0.5) is 5.82 Å². The molecule has 1 amide bonds. The number of benzene rings is 3. The van der Waals surface area contributed by atoms with Crippen LogP contribution in [0.25, 0.3) is 10.8 Å². The number of nitrogens with zero attached hydrogens (tertiary/aromatic N) is 2. The Labute approximate surface area is 212 Å². The van der Waals surface area contributed by atoms with Gasteiger partial charge in [0.1, 0.15) is 18.1 Å². The van der Waals surface area contributed by atoms with E-state index in [1.54, 1.807) is 41.1 Å². The summed E-state index contributed by atoms with van der Waals surface area (Å²) in [5, 5.41) is 10.5. The number of hydrogen-bond acceptors (Lipinski definition) is 4. The first-order valence-electron chi connectivity index (χ1n) is 11.0. The van der Waals surface area contributed by atoms with Crippen molar-refractivity contribution in [2.24, 2.45) is 0 Å². The van der Waals surface area contributed by atoms with E-state index in [4.69, 9.17) is 32.4 Å². The lowest BCUT2D eigenvalue weighted by atomic mass is 10.1. The number of carbonyl (C=O) groups is 1. The molecule has 0 aliphatic carbocycles. The number of fused-ring (bicyclic) bond motifs is 1. The van der Waals surface area contributed by atoms with Crippen molar-refractivity contribution in [3.05, 3.63) is 112 Å². The zero-order chi connectivity index (χ0) is 24.4. The molecule has 5 aromatic rings. The zero-order valence-electron chi connectivity index (χ0n) is 18.8. The first kappa shape index (κ1) is 23.0. The smallest absolute Gasteiger partial charge is 0.292 e. The fourth-order valence-electron chi connectivity index (χ4n) is 3.79. The number of hydrogen-bond donors (Lipinski definition) is 1. The van der Waals surface area contributed by atoms with Crippen LogP contribution in [0.5, 0.6) is 5.75 Å². The third-order valence-corrected chi connectivity index (χ3v) is 6.31. The van der Waals surface area contributed by atoms with Crippen molar-refractivity contribution in [1.82, 2.24) is 9.78 Å². The third kappa shape index (κ3) is 5.04. The van der Waals surface area contributed by atoms with Crippen LogP contribution in [-0.4, -0.2) is 15.7 Å². The second kappa shape index (κ2) is 9.86. The highest BCUT2D eigenvalue weighted by atomic mass is 35.5. The van der Waals surface area contributed by atoms with Crippen molar-refractivity contribution in [2.45, 2.75) is 20.1 Å². The van der Waals surface area contributed by atoms with Gasteiger partial charge in [0.2, 0.25) is 0 Å². The van der Waals surface area contributed by atoms with Gasteiger partial charge in [-0.1, -0.05) is 65.7 Å². The highest BCUT2D eigenvalue weighted by molar-refractivity contribution is 6.36. The Hall–Kier alpha value is -3.74. The maximum absolute atomic E-state index is 12.7. The number of furan rings is 1. The maximum atomic E-state index is 12.7. The lowest BCUT2D eigenvalue weighted by Crippen LogP contribution is -2.12. The Morgan fingerprint density at radius 2 is 1.74 bits per heavy atom. The van der Waals surface area contributed by atoms with Crippen molar-refractivity contribution in [2.75, 3.05) is 5.32 Å². The minimum atomic E-state index is -0.401. The van der Waals surface area contributed by atoms with Gasteiger partial charge in [0.05, 0.1) is 6.54 Å². The lowest BCUT2D eigenvalue weighted by molar-refractivity contribution is 0.0992. The number of rotatable bonds is 7. The van der Waals surface area contributed by atoms with E-state index in [9.17, 15) is 4.79 Å². The monoisotopic (exact) mass is 505 g/mol. The van der Waals surface area contributed by atoms with Crippen LogP contribution < -0.4 is 10.1 Å². The van der Waals surface area contributed by atoms with Crippen LogP contribution in [-0.2, 0) is 13.2 Å². The number of amides is 1. The summed E-state index contributed by atoms with van der Waals surface area (Å²) < 4.78 is 13.4. The fourth-order valence-corrected chi connectivity index (χ4v) is 4.31.